The second kappa shape index (κ2) is 9.63. The highest BCUT2D eigenvalue weighted by Gasteiger charge is 2.18. The van der Waals surface area contributed by atoms with Crippen LogP contribution in [0.4, 0.5) is 0 Å². The van der Waals surface area contributed by atoms with Crippen molar-refractivity contribution < 1.29 is 23.9 Å². The van der Waals surface area contributed by atoms with Gasteiger partial charge in [-0.2, -0.15) is 0 Å². The van der Waals surface area contributed by atoms with E-state index in [0.29, 0.717) is 38.5 Å². The average molecular weight is 460 g/mol. The van der Waals surface area contributed by atoms with Gasteiger partial charge in [-0.25, -0.2) is 9.78 Å². The molecule has 164 valence electrons. The zero-order chi connectivity index (χ0) is 23.4. The minimum atomic E-state index is -0.646. The standard InChI is InChI=1S/C26H18ClNO5/c1-16(29)33-18-12-10-17(11-13-18)25(30)15-32-26(31)21-14-24(20-7-2-4-8-22(20)27)28-23-9-5-3-6-19(21)23/h2-14H,15H2,1H3. The van der Waals surface area contributed by atoms with Crippen LogP contribution in [0.25, 0.3) is 22.2 Å². The SMILES string of the molecule is CC(=O)Oc1ccc(C(=O)COC(=O)c2cc(-c3ccccc3Cl)nc3ccccc23)cc1. The van der Waals surface area contributed by atoms with Crippen LogP contribution in [0.3, 0.4) is 0 Å². The summed E-state index contributed by atoms with van der Waals surface area (Å²) >= 11 is 6.32. The Morgan fingerprint density at radius 2 is 1.61 bits per heavy atom. The van der Waals surface area contributed by atoms with Crippen LogP contribution in [-0.2, 0) is 9.53 Å². The first-order valence-electron chi connectivity index (χ1n) is 10.1. The van der Waals surface area contributed by atoms with Gasteiger partial charge in [0.1, 0.15) is 5.75 Å². The number of fused-ring (bicyclic) bond motifs is 1. The van der Waals surface area contributed by atoms with Crippen molar-refractivity contribution in [3.63, 3.8) is 0 Å². The number of hydrogen-bond acceptors (Lipinski definition) is 6. The number of aromatic nitrogens is 1. The van der Waals surface area contributed by atoms with Crippen molar-refractivity contribution in [3.05, 3.63) is 95.0 Å². The normalized spacial score (nSPS) is 10.6. The van der Waals surface area contributed by atoms with E-state index in [-0.39, 0.29) is 11.3 Å². The number of ketones is 1. The number of benzene rings is 3. The van der Waals surface area contributed by atoms with Crippen molar-refractivity contribution in [1.82, 2.24) is 4.98 Å². The summed E-state index contributed by atoms with van der Waals surface area (Å²) in [6, 6.07) is 22.0. The lowest BCUT2D eigenvalue weighted by Gasteiger charge is -2.11. The minimum absolute atomic E-state index is 0.286. The molecule has 33 heavy (non-hydrogen) atoms. The van der Waals surface area contributed by atoms with Gasteiger partial charge in [0, 0.05) is 28.5 Å². The molecule has 6 nitrogen and oxygen atoms in total. The number of para-hydroxylation sites is 1. The zero-order valence-corrected chi connectivity index (χ0v) is 18.3. The van der Waals surface area contributed by atoms with Gasteiger partial charge in [-0.3, -0.25) is 9.59 Å². The minimum Gasteiger partial charge on any atom is -0.454 e. The van der Waals surface area contributed by atoms with Gasteiger partial charge in [0.15, 0.2) is 12.4 Å². The van der Waals surface area contributed by atoms with Crippen LogP contribution in [0.2, 0.25) is 5.02 Å². The highest BCUT2D eigenvalue weighted by Crippen LogP contribution is 2.30. The fourth-order valence-electron chi connectivity index (χ4n) is 3.32. The Bertz CT molecular complexity index is 1360. The Hall–Kier alpha value is -4.03. The van der Waals surface area contributed by atoms with E-state index in [0.717, 1.165) is 0 Å². The van der Waals surface area contributed by atoms with Crippen molar-refractivity contribution in [2.75, 3.05) is 6.61 Å². The highest BCUT2D eigenvalue weighted by atomic mass is 35.5. The second-order valence-electron chi connectivity index (χ2n) is 7.17. The first kappa shape index (κ1) is 22.2. The number of pyridine rings is 1. The summed E-state index contributed by atoms with van der Waals surface area (Å²) in [7, 11) is 0. The lowest BCUT2D eigenvalue weighted by atomic mass is 10.0. The number of nitrogens with zero attached hydrogens (tertiary/aromatic N) is 1. The number of carbonyl (C=O) groups is 3. The topological polar surface area (TPSA) is 82.6 Å². The molecule has 0 saturated carbocycles. The van der Waals surface area contributed by atoms with Gasteiger partial charge in [-0.1, -0.05) is 48.0 Å². The van der Waals surface area contributed by atoms with E-state index >= 15 is 0 Å². The number of esters is 2. The summed E-state index contributed by atoms with van der Waals surface area (Å²) in [5, 5.41) is 1.11. The lowest BCUT2D eigenvalue weighted by Crippen LogP contribution is -2.15. The molecule has 0 amide bonds. The third-order valence-corrected chi connectivity index (χ3v) is 5.19. The predicted octanol–water partition coefficient (Wildman–Crippen LogP) is 5.52. The zero-order valence-electron chi connectivity index (χ0n) is 17.6. The molecule has 0 N–H and O–H groups in total. The molecule has 0 aliphatic rings. The van der Waals surface area contributed by atoms with Crippen LogP contribution < -0.4 is 4.74 Å². The first-order chi connectivity index (χ1) is 15.9. The summed E-state index contributed by atoms with van der Waals surface area (Å²) in [6.45, 7) is 0.850. The van der Waals surface area contributed by atoms with E-state index in [2.05, 4.69) is 4.98 Å². The monoisotopic (exact) mass is 459 g/mol. The molecule has 1 heterocycles. The molecular formula is C26H18ClNO5. The molecule has 0 saturated heterocycles. The summed E-state index contributed by atoms with van der Waals surface area (Å²) in [5.74, 6) is -1.16. The lowest BCUT2D eigenvalue weighted by molar-refractivity contribution is -0.131. The Balaban J connectivity index is 1.57. The van der Waals surface area contributed by atoms with Crippen LogP contribution in [0.1, 0.15) is 27.6 Å². The highest BCUT2D eigenvalue weighted by molar-refractivity contribution is 6.33. The summed E-state index contributed by atoms with van der Waals surface area (Å²) in [5.41, 5.74) is 2.43. The van der Waals surface area contributed by atoms with Crippen molar-refractivity contribution in [2.24, 2.45) is 0 Å². The van der Waals surface area contributed by atoms with Crippen molar-refractivity contribution >= 4 is 40.2 Å². The molecule has 0 aliphatic carbocycles. The first-order valence-corrected chi connectivity index (χ1v) is 10.4. The molecule has 0 fully saturated rings. The van der Waals surface area contributed by atoms with Gasteiger partial charge < -0.3 is 9.47 Å². The molecule has 1 aromatic heterocycles. The third-order valence-electron chi connectivity index (χ3n) is 4.86. The predicted molar refractivity (Wildman–Crippen MR) is 125 cm³/mol. The molecule has 0 radical (unpaired) electrons. The second-order valence-corrected chi connectivity index (χ2v) is 7.58. The van der Waals surface area contributed by atoms with Gasteiger partial charge in [0.2, 0.25) is 0 Å². The van der Waals surface area contributed by atoms with E-state index < -0.39 is 18.5 Å². The summed E-state index contributed by atoms with van der Waals surface area (Å²) in [6.07, 6.45) is 0. The van der Waals surface area contributed by atoms with Gasteiger partial charge >= 0.3 is 11.9 Å². The van der Waals surface area contributed by atoms with Gasteiger partial charge in [0.05, 0.1) is 16.8 Å². The largest absolute Gasteiger partial charge is 0.454 e. The molecule has 0 atom stereocenters. The number of ether oxygens (including phenoxy) is 2. The molecule has 0 spiro atoms. The maximum absolute atomic E-state index is 12.9. The van der Waals surface area contributed by atoms with E-state index in [9.17, 15) is 14.4 Å². The average Bonchev–Trinajstić information content (AvgIpc) is 2.82. The number of Topliss-reactive ketones (excluding diaryl/α,β-unsaturated/α-hetero) is 1. The van der Waals surface area contributed by atoms with Crippen molar-refractivity contribution in [3.8, 4) is 17.0 Å². The maximum Gasteiger partial charge on any atom is 0.339 e. The summed E-state index contributed by atoms with van der Waals surface area (Å²) < 4.78 is 10.3. The van der Waals surface area contributed by atoms with Gasteiger partial charge in [0.25, 0.3) is 0 Å². The van der Waals surface area contributed by atoms with Crippen LogP contribution in [0.15, 0.2) is 78.9 Å². The molecule has 3 aromatic carbocycles. The fourth-order valence-corrected chi connectivity index (χ4v) is 3.55. The van der Waals surface area contributed by atoms with Crippen LogP contribution in [-0.4, -0.2) is 29.3 Å². The maximum atomic E-state index is 12.9. The quantitative estimate of drug-likeness (QED) is 0.214. The third kappa shape index (κ3) is 5.07. The van der Waals surface area contributed by atoms with Crippen LogP contribution in [0, 0.1) is 0 Å². The smallest absolute Gasteiger partial charge is 0.339 e. The van der Waals surface area contributed by atoms with Crippen LogP contribution in [0.5, 0.6) is 5.75 Å². The molecule has 4 rings (SSSR count). The van der Waals surface area contributed by atoms with E-state index in [1.54, 1.807) is 30.3 Å². The van der Waals surface area contributed by atoms with Crippen molar-refractivity contribution in [1.29, 1.82) is 0 Å². The number of hydrogen-bond donors (Lipinski definition) is 0. The molecular weight excluding hydrogens is 442 g/mol. The molecule has 0 unspecified atom stereocenters. The fraction of sp³-hybridized carbons (Fsp3) is 0.0769. The molecule has 7 heteroatoms. The number of rotatable bonds is 6. The number of halogens is 1. The molecule has 0 bridgehead atoms. The van der Waals surface area contributed by atoms with E-state index in [4.69, 9.17) is 21.1 Å². The molecule has 4 aromatic rings. The Labute approximate surface area is 194 Å². The van der Waals surface area contributed by atoms with Gasteiger partial charge in [-0.15, -0.1) is 0 Å². The Morgan fingerprint density at radius 1 is 0.909 bits per heavy atom. The Kier molecular flexibility index (Phi) is 6.47. The van der Waals surface area contributed by atoms with Gasteiger partial charge in [-0.05, 0) is 42.5 Å². The molecule has 0 aliphatic heterocycles. The van der Waals surface area contributed by atoms with Crippen LogP contribution >= 0.6 is 11.6 Å². The van der Waals surface area contributed by atoms with E-state index in [1.165, 1.54) is 31.2 Å². The summed E-state index contributed by atoms with van der Waals surface area (Å²) in [4.78, 5) is 41.1. The Morgan fingerprint density at radius 3 is 2.33 bits per heavy atom. The van der Waals surface area contributed by atoms with E-state index in [1.807, 2.05) is 24.3 Å². The number of carbonyl (C=O) groups excluding carboxylic acids is 3. The van der Waals surface area contributed by atoms with Crippen molar-refractivity contribution in [2.45, 2.75) is 6.92 Å².